The van der Waals surface area contributed by atoms with Gasteiger partial charge in [0.25, 0.3) is 0 Å². The van der Waals surface area contributed by atoms with E-state index in [9.17, 15) is 4.79 Å². The summed E-state index contributed by atoms with van der Waals surface area (Å²) in [5.74, 6) is 2.03. The Morgan fingerprint density at radius 3 is 2.57 bits per heavy atom. The van der Waals surface area contributed by atoms with Crippen LogP contribution in [0.2, 0.25) is 0 Å². The van der Waals surface area contributed by atoms with Gasteiger partial charge in [0, 0.05) is 48.7 Å². The summed E-state index contributed by atoms with van der Waals surface area (Å²) in [6.07, 6.45) is 5.91. The Morgan fingerprint density at radius 1 is 1.00 bits per heavy atom. The van der Waals surface area contributed by atoms with Crippen molar-refractivity contribution < 1.29 is 4.79 Å². The maximum atomic E-state index is 12.1. The fourth-order valence-electron chi connectivity index (χ4n) is 4.38. The van der Waals surface area contributed by atoms with E-state index in [2.05, 4.69) is 68.3 Å². The number of H-pyrrole nitrogens is 1. The Bertz CT molecular complexity index is 1210. The van der Waals surface area contributed by atoms with Gasteiger partial charge in [0.15, 0.2) is 5.82 Å². The summed E-state index contributed by atoms with van der Waals surface area (Å²) >= 11 is 0. The zero-order valence-corrected chi connectivity index (χ0v) is 16.7. The lowest BCUT2D eigenvalue weighted by Crippen LogP contribution is -2.51. The average molecular weight is 397 g/mol. The van der Waals surface area contributed by atoms with Crippen molar-refractivity contribution in [2.75, 3.05) is 13.1 Å². The summed E-state index contributed by atoms with van der Waals surface area (Å²) in [7, 11) is 0. The van der Waals surface area contributed by atoms with E-state index in [0.29, 0.717) is 17.7 Å². The van der Waals surface area contributed by atoms with Gasteiger partial charge >= 0.3 is 0 Å². The Balaban J connectivity index is 1.17. The summed E-state index contributed by atoms with van der Waals surface area (Å²) in [4.78, 5) is 17.4. The number of nitrogens with zero attached hydrogens (tertiary/aromatic N) is 4. The molecule has 4 aromatic rings. The van der Waals surface area contributed by atoms with E-state index in [0.717, 1.165) is 49.4 Å². The molecular formula is C24H23N5O. The van der Waals surface area contributed by atoms with Gasteiger partial charge in [-0.3, -0.25) is 4.79 Å². The minimum absolute atomic E-state index is 0.313. The molecule has 1 saturated heterocycles. The van der Waals surface area contributed by atoms with E-state index >= 15 is 0 Å². The molecule has 0 spiro atoms. The molecule has 6 heteroatoms. The van der Waals surface area contributed by atoms with E-state index in [1.165, 1.54) is 16.5 Å². The van der Waals surface area contributed by atoms with E-state index < -0.39 is 0 Å². The normalized spacial score (nSPS) is 16.7. The number of likely N-dealkylation sites (tertiary alicyclic amines) is 1. The number of hydrogen-bond donors (Lipinski definition) is 1. The lowest BCUT2D eigenvalue weighted by Gasteiger charge is -2.39. The molecular weight excluding hydrogens is 374 g/mol. The van der Waals surface area contributed by atoms with Crippen molar-refractivity contribution in [3.8, 4) is 22.5 Å². The van der Waals surface area contributed by atoms with Gasteiger partial charge in [-0.1, -0.05) is 36.4 Å². The largest absolute Gasteiger partial charge is 0.361 e. The molecule has 2 fully saturated rings. The van der Waals surface area contributed by atoms with Gasteiger partial charge in [-0.25, -0.2) is 0 Å². The first kappa shape index (κ1) is 17.4. The van der Waals surface area contributed by atoms with Crippen LogP contribution >= 0.6 is 0 Å². The van der Waals surface area contributed by atoms with Crippen molar-refractivity contribution in [2.24, 2.45) is 11.8 Å². The number of nitrogens with one attached hydrogen (secondary N) is 1. The van der Waals surface area contributed by atoms with Gasteiger partial charge < -0.3 is 14.5 Å². The summed E-state index contributed by atoms with van der Waals surface area (Å²) in [6, 6.07) is 17.0. The van der Waals surface area contributed by atoms with E-state index in [4.69, 9.17) is 0 Å². The standard InChI is InChI=1S/C24H23N5O/c30-24(20-6-7-20)28-12-16(13-28)14-29-15-26-27-23(29)19-4-1-17(2-5-19)21-8-3-18-9-10-25-22(18)11-21/h1-5,8-11,15-16,20,25H,6-7,12-14H2. The third-order valence-corrected chi connectivity index (χ3v) is 6.30. The summed E-state index contributed by atoms with van der Waals surface area (Å²) in [6.45, 7) is 2.56. The fraction of sp³-hybridized carbons (Fsp3) is 0.292. The molecule has 1 aliphatic heterocycles. The SMILES string of the molecule is O=C(C1CC1)N1CC(Cn2cnnc2-c2ccc(-c3ccc4cc[nH]c4c3)cc2)C1. The monoisotopic (exact) mass is 397 g/mol. The van der Waals surface area contributed by atoms with Crippen LogP contribution in [0.15, 0.2) is 61.1 Å². The number of carbonyl (C=O) groups is 1. The zero-order chi connectivity index (χ0) is 20.1. The molecule has 1 saturated carbocycles. The first-order valence-electron chi connectivity index (χ1n) is 10.6. The van der Waals surface area contributed by atoms with Crippen molar-refractivity contribution in [1.82, 2.24) is 24.6 Å². The van der Waals surface area contributed by atoms with Crippen LogP contribution < -0.4 is 0 Å². The van der Waals surface area contributed by atoms with Crippen LogP contribution in [0.3, 0.4) is 0 Å². The molecule has 2 aromatic carbocycles. The van der Waals surface area contributed by atoms with E-state index in [-0.39, 0.29) is 0 Å². The molecule has 0 bridgehead atoms. The Kier molecular flexibility index (Phi) is 3.97. The molecule has 0 unspecified atom stereocenters. The van der Waals surface area contributed by atoms with Gasteiger partial charge in [0.1, 0.15) is 6.33 Å². The van der Waals surface area contributed by atoms with E-state index in [1.807, 2.05) is 11.1 Å². The first-order chi connectivity index (χ1) is 14.7. The number of fused-ring (bicyclic) bond motifs is 1. The minimum atomic E-state index is 0.313. The molecule has 2 aromatic heterocycles. The van der Waals surface area contributed by atoms with Crippen LogP contribution in [0.4, 0.5) is 0 Å². The summed E-state index contributed by atoms with van der Waals surface area (Å²) in [5, 5.41) is 9.71. The number of carbonyl (C=O) groups excluding carboxylic acids is 1. The Labute approximate surface area is 174 Å². The molecule has 0 radical (unpaired) electrons. The van der Waals surface area contributed by atoms with Crippen LogP contribution in [-0.2, 0) is 11.3 Å². The minimum Gasteiger partial charge on any atom is -0.361 e. The van der Waals surface area contributed by atoms with Crippen molar-refractivity contribution in [2.45, 2.75) is 19.4 Å². The maximum Gasteiger partial charge on any atom is 0.225 e. The third-order valence-electron chi connectivity index (χ3n) is 6.30. The van der Waals surface area contributed by atoms with Crippen LogP contribution in [0.1, 0.15) is 12.8 Å². The van der Waals surface area contributed by atoms with Gasteiger partial charge in [-0.05, 0) is 41.5 Å². The molecule has 0 atom stereocenters. The van der Waals surface area contributed by atoms with Crippen LogP contribution in [0.25, 0.3) is 33.4 Å². The van der Waals surface area contributed by atoms with Crippen LogP contribution in [-0.4, -0.2) is 43.6 Å². The number of hydrogen-bond acceptors (Lipinski definition) is 3. The third kappa shape index (κ3) is 3.09. The molecule has 150 valence electrons. The lowest BCUT2D eigenvalue weighted by atomic mass is 9.99. The smallest absolute Gasteiger partial charge is 0.225 e. The van der Waals surface area contributed by atoms with E-state index in [1.54, 1.807) is 6.33 Å². The van der Waals surface area contributed by atoms with Gasteiger partial charge in [0.2, 0.25) is 5.91 Å². The van der Waals surface area contributed by atoms with Crippen molar-refractivity contribution in [3.63, 3.8) is 0 Å². The van der Waals surface area contributed by atoms with Crippen molar-refractivity contribution in [1.29, 1.82) is 0 Å². The highest BCUT2D eigenvalue weighted by atomic mass is 16.2. The predicted molar refractivity (Wildman–Crippen MR) is 116 cm³/mol. The van der Waals surface area contributed by atoms with Crippen molar-refractivity contribution >= 4 is 16.8 Å². The highest BCUT2D eigenvalue weighted by Gasteiger charge is 2.39. The number of amides is 1. The number of rotatable bonds is 5. The second-order valence-electron chi connectivity index (χ2n) is 8.55. The lowest BCUT2D eigenvalue weighted by molar-refractivity contribution is -0.139. The van der Waals surface area contributed by atoms with Gasteiger partial charge in [-0.15, -0.1) is 10.2 Å². The number of benzene rings is 2. The fourth-order valence-corrected chi connectivity index (χ4v) is 4.38. The predicted octanol–water partition coefficient (Wildman–Crippen LogP) is 3.96. The Morgan fingerprint density at radius 2 is 1.77 bits per heavy atom. The second-order valence-corrected chi connectivity index (χ2v) is 8.55. The van der Waals surface area contributed by atoms with Gasteiger partial charge in [0.05, 0.1) is 0 Å². The van der Waals surface area contributed by atoms with Gasteiger partial charge in [-0.2, -0.15) is 0 Å². The molecule has 2 aliphatic rings. The Hall–Kier alpha value is -3.41. The van der Waals surface area contributed by atoms with Crippen LogP contribution in [0.5, 0.6) is 0 Å². The number of aromatic amines is 1. The highest BCUT2D eigenvalue weighted by molar-refractivity contribution is 5.85. The molecule has 30 heavy (non-hydrogen) atoms. The molecule has 1 aliphatic carbocycles. The summed E-state index contributed by atoms with van der Waals surface area (Å²) in [5.41, 5.74) is 4.57. The molecule has 6 rings (SSSR count). The summed E-state index contributed by atoms with van der Waals surface area (Å²) < 4.78 is 2.11. The quantitative estimate of drug-likeness (QED) is 0.554. The number of aromatic nitrogens is 4. The molecule has 1 N–H and O–H groups in total. The molecule has 1 amide bonds. The zero-order valence-electron chi connectivity index (χ0n) is 16.7. The van der Waals surface area contributed by atoms with Crippen molar-refractivity contribution in [3.05, 3.63) is 61.1 Å². The van der Waals surface area contributed by atoms with Crippen LogP contribution in [0, 0.1) is 11.8 Å². The second kappa shape index (κ2) is 6.83. The first-order valence-corrected chi connectivity index (χ1v) is 10.6. The molecule has 6 nitrogen and oxygen atoms in total. The topological polar surface area (TPSA) is 66.8 Å². The highest BCUT2D eigenvalue weighted by Crippen LogP contribution is 2.34. The maximum absolute atomic E-state index is 12.1. The molecule has 3 heterocycles. The average Bonchev–Trinajstić information content (AvgIpc) is 3.31.